The molecule has 1 aromatic heterocycles. The first-order valence-electron chi connectivity index (χ1n) is 8.14. The highest BCUT2D eigenvalue weighted by molar-refractivity contribution is 7.20. The fourth-order valence-corrected chi connectivity index (χ4v) is 3.88. The van der Waals surface area contributed by atoms with E-state index in [1.54, 1.807) is 24.6 Å². The molecule has 0 fully saturated rings. The molecule has 1 aromatic carbocycles. The first-order chi connectivity index (χ1) is 12.2. The minimum atomic E-state index is 0.111. The lowest BCUT2D eigenvalue weighted by Gasteiger charge is -2.30. The van der Waals surface area contributed by atoms with E-state index in [4.69, 9.17) is 10.8 Å². The Kier molecular flexibility index (Phi) is 5.25. The van der Waals surface area contributed by atoms with Crippen molar-refractivity contribution in [2.75, 3.05) is 42.3 Å². The zero-order valence-electron chi connectivity index (χ0n) is 14.4. The summed E-state index contributed by atoms with van der Waals surface area (Å²) in [7, 11) is 1.79. The van der Waals surface area contributed by atoms with Crippen LogP contribution in [0.25, 0.3) is 10.4 Å². The van der Waals surface area contributed by atoms with Crippen LogP contribution in [-0.2, 0) is 0 Å². The molecule has 0 bridgehead atoms. The molecule has 7 heteroatoms. The Labute approximate surface area is 151 Å². The number of benzene rings is 1. The average molecular weight is 357 g/mol. The molecule has 0 unspecified atom stereocenters. The van der Waals surface area contributed by atoms with Gasteiger partial charge in [0.15, 0.2) is 0 Å². The van der Waals surface area contributed by atoms with Gasteiger partial charge in [0.05, 0.1) is 18.8 Å². The second-order valence-electron chi connectivity index (χ2n) is 5.75. The number of nitrogens with zero attached hydrogens (tertiary/aromatic N) is 2. The maximum Gasteiger partial charge on any atom is 0.121 e. The summed E-state index contributed by atoms with van der Waals surface area (Å²) in [6, 6.07) is 10.3. The van der Waals surface area contributed by atoms with Crippen molar-refractivity contribution in [3.63, 3.8) is 0 Å². The molecule has 2 heterocycles. The Morgan fingerprint density at radius 2 is 2.32 bits per heavy atom. The number of fused-ring (bicyclic) bond motifs is 1. The maximum absolute atomic E-state index is 8.98. The first kappa shape index (κ1) is 17.3. The second kappa shape index (κ2) is 7.58. The molecule has 25 heavy (non-hydrogen) atoms. The van der Waals surface area contributed by atoms with Gasteiger partial charge in [0.2, 0.25) is 0 Å². The monoisotopic (exact) mass is 357 g/mol. The van der Waals surface area contributed by atoms with Gasteiger partial charge < -0.3 is 26.4 Å². The van der Waals surface area contributed by atoms with Gasteiger partial charge in [-0.2, -0.15) is 0 Å². The quantitative estimate of drug-likeness (QED) is 0.661. The second-order valence-corrected chi connectivity index (χ2v) is 6.78. The van der Waals surface area contributed by atoms with Crippen molar-refractivity contribution in [1.82, 2.24) is 0 Å². The number of aliphatic imine (C=N–C) groups is 1. The molecule has 0 atom stereocenters. The number of thiophene rings is 1. The van der Waals surface area contributed by atoms with E-state index in [1.807, 2.05) is 19.1 Å². The van der Waals surface area contributed by atoms with Gasteiger partial charge in [0.1, 0.15) is 10.8 Å². The van der Waals surface area contributed by atoms with E-state index >= 15 is 0 Å². The van der Waals surface area contributed by atoms with Crippen LogP contribution in [0.3, 0.4) is 0 Å². The molecule has 0 saturated heterocycles. The number of aliphatic hydroxyl groups is 1. The van der Waals surface area contributed by atoms with Crippen LogP contribution < -0.4 is 21.3 Å². The van der Waals surface area contributed by atoms with Gasteiger partial charge in [0, 0.05) is 36.1 Å². The van der Waals surface area contributed by atoms with E-state index in [1.165, 1.54) is 0 Å². The lowest BCUT2D eigenvalue weighted by molar-refractivity contribution is 0.311. The normalized spacial score (nSPS) is 15.9. The Morgan fingerprint density at radius 1 is 1.48 bits per heavy atom. The van der Waals surface area contributed by atoms with E-state index in [0.717, 1.165) is 38.3 Å². The van der Waals surface area contributed by atoms with Crippen molar-refractivity contribution in [3.05, 3.63) is 42.2 Å². The predicted molar refractivity (Wildman–Crippen MR) is 108 cm³/mol. The molecule has 0 amide bonds. The van der Waals surface area contributed by atoms with Gasteiger partial charge >= 0.3 is 0 Å². The molecule has 0 aliphatic carbocycles. The highest BCUT2D eigenvalue weighted by Gasteiger charge is 2.25. The summed E-state index contributed by atoms with van der Waals surface area (Å²) in [6.45, 7) is 3.33. The molecular formula is C18H23N5OS. The van der Waals surface area contributed by atoms with E-state index in [9.17, 15) is 0 Å². The summed E-state index contributed by atoms with van der Waals surface area (Å²) in [6.07, 6.45) is 1.63. The number of hydrogen-bond donors (Lipinski definition) is 4. The summed E-state index contributed by atoms with van der Waals surface area (Å²) in [4.78, 5) is 7.65. The van der Waals surface area contributed by atoms with Gasteiger partial charge in [-0.05, 0) is 30.7 Å². The zero-order valence-corrected chi connectivity index (χ0v) is 15.2. The summed E-state index contributed by atoms with van der Waals surface area (Å²) in [5, 5.41) is 16.7. The maximum atomic E-state index is 8.98. The highest BCUT2D eigenvalue weighted by atomic mass is 32.1. The zero-order chi connectivity index (χ0) is 17.8. The van der Waals surface area contributed by atoms with E-state index in [-0.39, 0.29) is 6.61 Å². The molecule has 6 nitrogen and oxygen atoms in total. The topological polar surface area (TPSA) is 85.9 Å². The number of nitrogens with one attached hydrogen (secondary N) is 2. The Hall–Kier alpha value is -2.51. The van der Waals surface area contributed by atoms with Crippen molar-refractivity contribution in [2.45, 2.75) is 6.92 Å². The minimum Gasteiger partial charge on any atom is -0.403 e. The third kappa shape index (κ3) is 3.62. The van der Waals surface area contributed by atoms with Crippen molar-refractivity contribution in [3.8, 4) is 10.4 Å². The van der Waals surface area contributed by atoms with Crippen LogP contribution in [0.15, 0.2) is 47.2 Å². The summed E-state index contributed by atoms with van der Waals surface area (Å²) in [5.41, 5.74) is 9.91. The van der Waals surface area contributed by atoms with Gasteiger partial charge in [-0.1, -0.05) is 12.1 Å². The number of aliphatic hydroxyl groups excluding tert-OH is 1. The van der Waals surface area contributed by atoms with Crippen molar-refractivity contribution >= 4 is 33.5 Å². The van der Waals surface area contributed by atoms with Crippen LogP contribution in [-0.4, -0.2) is 37.7 Å². The molecule has 5 N–H and O–H groups in total. The van der Waals surface area contributed by atoms with Crippen LogP contribution >= 0.6 is 11.3 Å². The SMILES string of the molecule is CN=C1CN(/C(C)=C\N)c2sc(-c3cccc(NCCO)c3)cc2N1. The molecule has 0 spiro atoms. The van der Waals surface area contributed by atoms with Crippen LogP contribution in [0.2, 0.25) is 0 Å². The van der Waals surface area contributed by atoms with Gasteiger partial charge in [-0.15, -0.1) is 11.3 Å². The lowest BCUT2D eigenvalue weighted by Crippen LogP contribution is -2.36. The number of anilines is 3. The molecule has 0 saturated carbocycles. The van der Waals surface area contributed by atoms with Crippen LogP contribution in [0.4, 0.5) is 16.4 Å². The Balaban J connectivity index is 1.97. The smallest absolute Gasteiger partial charge is 0.121 e. The molecule has 132 valence electrons. The number of amidine groups is 1. The first-order valence-corrected chi connectivity index (χ1v) is 8.95. The van der Waals surface area contributed by atoms with Crippen LogP contribution in [0, 0.1) is 0 Å². The molecule has 1 aliphatic heterocycles. The van der Waals surface area contributed by atoms with Gasteiger partial charge in [-0.3, -0.25) is 4.99 Å². The predicted octanol–water partition coefficient (Wildman–Crippen LogP) is 2.90. The van der Waals surface area contributed by atoms with Crippen LogP contribution in [0.1, 0.15) is 6.92 Å². The lowest BCUT2D eigenvalue weighted by atomic mass is 10.1. The largest absolute Gasteiger partial charge is 0.403 e. The summed E-state index contributed by atoms with van der Waals surface area (Å²) >= 11 is 1.72. The molecule has 3 rings (SSSR count). The minimum absolute atomic E-state index is 0.111. The molecular weight excluding hydrogens is 334 g/mol. The molecule has 0 radical (unpaired) electrons. The van der Waals surface area contributed by atoms with Gasteiger partial charge in [-0.25, -0.2) is 0 Å². The molecule has 2 aromatic rings. The number of nitrogens with two attached hydrogens (primary N) is 1. The summed E-state index contributed by atoms with van der Waals surface area (Å²) < 4.78 is 0. The van der Waals surface area contributed by atoms with Crippen molar-refractivity contribution in [1.29, 1.82) is 0 Å². The standard InChI is InChI=1S/C18H23N5OS/c1-12(10-19)23-11-17(20-2)22-15-9-16(25-18(15)23)13-4-3-5-14(8-13)21-6-7-24/h3-5,8-10,21,24H,6-7,11,19H2,1-2H3,(H,20,22)/b12-10-. The van der Waals surface area contributed by atoms with E-state index < -0.39 is 0 Å². The van der Waals surface area contributed by atoms with Crippen molar-refractivity contribution in [2.24, 2.45) is 10.7 Å². The Morgan fingerprint density at radius 3 is 3.04 bits per heavy atom. The van der Waals surface area contributed by atoms with Crippen LogP contribution in [0.5, 0.6) is 0 Å². The highest BCUT2D eigenvalue weighted by Crippen LogP contribution is 2.44. The number of rotatable bonds is 5. The van der Waals surface area contributed by atoms with E-state index in [2.05, 4.69) is 38.7 Å². The fraction of sp³-hybridized carbons (Fsp3) is 0.278. The third-order valence-corrected chi connectivity index (χ3v) is 5.28. The average Bonchev–Trinajstić information content (AvgIpc) is 3.09. The molecule has 1 aliphatic rings. The third-order valence-electron chi connectivity index (χ3n) is 4.07. The summed E-state index contributed by atoms with van der Waals surface area (Å²) in [5.74, 6) is 0.913. The van der Waals surface area contributed by atoms with E-state index in [0.29, 0.717) is 13.1 Å². The Bertz CT molecular complexity index is 812. The number of allylic oxidation sites excluding steroid dienone is 1. The van der Waals surface area contributed by atoms with Crippen molar-refractivity contribution < 1.29 is 5.11 Å². The number of hydrogen-bond acceptors (Lipinski definition) is 6. The fourth-order valence-electron chi connectivity index (χ4n) is 2.71. The van der Waals surface area contributed by atoms with Gasteiger partial charge in [0.25, 0.3) is 0 Å².